The number of halogens is 1. The molecular weight excluding hydrogens is 321 g/mol. The highest BCUT2D eigenvalue weighted by Crippen LogP contribution is 2.21. The van der Waals surface area contributed by atoms with Crippen molar-refractivity contribution < 1.29 is 14.0 Å². The summed E-state index contributed by atoms with van der Waals surface area (Å²) in [5.74, 6) is -0.619. The number of carbonyl (C=O) groups excluding carboxylic acids is 2. The van der Waals surface area contributed by atoms with E-state index in [9.17, 15) is 14.0 Å². The van der Waals surface area contributed by atoms with Gasteiger partial charge in [-0.05, 0) is 37.1 Å². The molecule has 25 heavy (non-hydrogen) atoms. The van der Waals surface area contributed by atoms with Crippen LogP contribution in [-0.2, 0) is 4.79 Å². The van der Waals surface area contributed by atoms with Gasteiger partial charge >= 0.3 is 6.03 Å². The fourth-order valence-corrected chi connectivity index (χ4v) is 2.87. The van der Waals surface area contributed by atoms with Crippen LogP contribution in [0.1, 0.15) is 12.8 Å². The van der Waals surface area contributed by atoms with Crippen molar-refractivity contribution in [1.82, 2.24) is 4.90 Å². The highest BCUT2D eigenvalue weighted by molar-refractivity contribution is 5.93. The maximum Gasteiger partial charge on any atom is 0.321 e. The molecule has 0 bridgehead atoms. The first-order valence-electron chi connectivity index (χ1n) is 8.30. The maximum atomic E-state index is 13.6. The quantitative estimate of drug-likeness (QED) is 0.894. The predicted molar refractivity (Wildman–Crippen MR) is 94.8 cm³/mol. The number of anilines is 2. The van der Waals surface area contributed by atoms with Crippen LogP contribution in [-0.4, -0.2) is 29.9 Å². The van der Waals surface area contributed by atoms with Crippen molar-refractivity contribution in [3.63, 3.8) is 0 Å². The van der Waals surface area contributed by atoms with Crippen molar-refractivity contribution >= 4 is 23.3 Å². The number of nitrogens with one attached hydrogen (secondary N) is 2. The van der Waals surface area contributed by atoms with E-state index < -0.39 is 5.82 Å². The van der Waals surface area contributed by atoms with Gasteiger partial charge in [0, 0.05) is 24.7 Å². The number of hydrogen-bond acceptors (Lipinski definition) is 2. The molecule has 2 aromatic carbocycles. The minimum absolute atomic E-state index is 0.0274. The van der Waals surface area contributed by atoms with Crippen LogP contribution in [0, 0.1) is 11.7 Å². The number of likely N-dealkylation sites (tertiary alicyclic amines) is 1. The Morgan fingerprint density at radius 2 is 1.56 bits per heavy atom. The number of rotatable bonds is 3. The molecule has 1 aliphatic heterocycles. The summed E-state index contributed by atoms with van der Waals surface area (Å²) in [6.45, 7) is 0.931. The molecule has 1 aliphatic rings. The van der Waals surface area contributed by atoms with Crippen LogP contribution in [0.4, 0.5) is 20.6 Å². The van der Waals surface area contributed by atoms with Crippen LogP contribution >= 0.6 is 0 Å². The van der Waals surface area contributed by atoms with Crippen molar-refractivity contribution in [2.45, 2.75) is 12.8 Å². The molecule has 1 saturated heterocycles. The lowest BCUT2D eigenvalue weighted by atomic mass is 9.96. The second kappa shape index (κ2) is 7.79. The number of piperidine rings is 1. The number of urea groups is 1. The van der Waals surface area contributed by atoms with Crippen LogP contribution in [0.25, 0.3) is 0 Å². The number of nitrogens with zero attached hydrogens (tertiary/aromatic N) is 1. The predicted octanol–water partition coefficient (Wildman–Crippen LogP) is 3.71. The highest BCUT2D eigenvalue weighted by atomic mass is 19.1. The van der Waals surface area contributed by atoms with Gasteiger partial charge in [-0.3, -0.25) is 4.79 Å². The van der Waals surface area contributed by atoms with Gasteiger partial charge in [-0.2, -0.15) is 0 Å². The van der Waals surface area contributed by atoms with Crippen LogP contribution in [0.2, 0.25) is 0 Å². The summed E-state index contributed by atoms with van der Waals surface area (Å²) in [7, 11) is 0. The molecule has 3 rings (SSSR count). The van der Waals surface area contributed by atoms with Crippen LogP contribution in [0.15, 0.2) is 54.6 Å². The monoisotopic (exact) mass is 341 g/mol. The summed E-state index contributed by atoms with van der Waals surface area (Å²) in [5, 5.41) is 5.47. The molecule has 0 saturated carbocycles. The summed E-state index contributed by atoms with van der Waals surface area (Å²) in [6, 6.07) is 15.0. The molecule has 130 valence electrons. The summed E-state index contributed by atoms with van der Waals surface area (Å²) < 4.78 is 13.6. The molecule has 0 spiro atoms. The number of amides is 3. The summed E-state index contributed by atoms with van der Waals surface area (Å²) in [5.41, 5.74) is 0.934. The van der Waals surface area contributed by atoms with Crippen LogP contribution in [0.5, 0.6) is 0 Å². The van der Waals surface area contributed by atoms with Gasteiger partial charge < -0.3 is 15.5 Å². The van der Waals surface area contributed by atoms with Gasteiger partial charge in [0.1, 0.15) is 5.82 Å². The summed E-state index contributed by atoms with van der Waals surface area (Å²) in [6.07, 6.45) is 1.17. The lowest BCUT2D eigenvalue weighted by Gasteiger charge is -2.31. The van der Waals surface area contributed by atoms with E-state index >= 15 is 0 Å². The Balaban J connectivity index is 1.50. The number of benzene rings is 2. The molecule has 0 unspecified atom stereocenters. The summed E-state index contributed by atoms with van der Waals surface area (Å²) >= 11 is 0. The molecule has 1 heterocycles. The normalized spacial score (nSPS) is 14.8. The number of hydrogen-bond donors (Lipinski definition) is 2. The van der Waals surface area contributed by atoms with Crippen molar-refractivity contribution in [2.75, 3.05) is 23.7 Å². The first-order chi connectivity index (χ1) is 12.1. The second-order valence-corrected chi connectivity index (χ2v) is 6.03. The Hall–Kier alpha value is -2.89. The lowest BCUT2D eigenvalue weighted by Crippen LogP contribution is -2.43. The van der Waals surface area contributed by atoms with E-state index in [1.165, 1.54) is 12.1 Å². The Morgan fingerprint density at radius 3 is 2.24 bits per heavy atom. The fourth-order valence-electron chi connectivity index (χ4n) is 2.87. The van der Waals surface area contributed by atoms with Gasteiger partial charge in [0.15, 0.2) is 0 Å². The smallest absolute Gasteiger partial charge is 0.321 e. The van der Waals surface area contributed by atoms with Gasteiger partial charge in [0.05, 0.1) is 5.69 Å². The van der Waals surface area contributed by atoms with E-state index in [-0.39, 0.29) is 23.5 Å². The van der Waals surface area contributed by atoms with Crippen molar-refractivity contribution in [2.24, 2.45) is 5.92 Å². The Kier molecular flexibility index (Phi) is 5.28. The van der Waals surface area contributed by atoms with Gasteiger partial charge in [-0.25, -0.2) is 9.18 Å². The molecule has 0 radical (unpaired) electrons. The van der Waals surface area contributed by atoms with Crippen LogP contribution in [0.3, 0.4) is 0 Å². The zero-order chi connectivity index (χ0) is 17.6. The minimum Gasteiger partial charge on any atom is -0.326 e. The van der Waals surface area contributed by atoms with Gasteiger partial charge in [0.2, 0.25) is 5.91 Å². The van der Waals surface area contributed by atoms with Crippen molar-refractivity contribution in [3.05, 3.63) is 60.4 Å². The van der Waals surface area contributed by atoms with E-state index in [1.807, 2.05) is 30.3 Å². The minimum atomic E-state index is -0.465. The third-order valence-corrected chi connectivity index (χ3v) is 4.31. The van der Waals surface area contributed by atoms with Crippen molar-refractivity contribution in [1.29, 1.82) is 0 Å². The molecule has 3 amide bonds. The number of carbonyl (C=O) groups is 2. The first-order valence-corrected chi connectivity index (χ1v) is 8.30. The van der Waals surface area contributed by atoms with Gasteiger partial charge in [-0.1, -0.05) is 30.3 Å². The largest absolute Gasteiger partial charge is 0.326 e. The Morgan fingerprint density at radius 1 is 0.920 bits per heavy atom. The average molecular weight is 341 g/mol. The highest BCUT2D eigenvalue weighted by Gasteiger charge is 2.27. The SMILES string of the molecule is O=C(Nc1ccccc1)C1CCN(C(=O)Nc2ccccc2F)CC1. The summed E-state index contributed by atoms with van der Waals surface area (Å²) in [4.78, 5) is 26.1. The van der Waals surface area contributed by atoms with Crippen molar-refractivity contribution in [3.8, 4) is 0 Å². The molecule has 2 N–H and O–H groups in total. The zero-order valence-corrected chi connectivity index (χ0v) is 13.7. The first kappa shape index (κ1) is 17.0. The standard InChI is InChI=1S/C19H20FN3O2/c20-16-8-4-5-9-17(16)22-19(25)23-12-10-14(11-13-23)18(24)21-15-6-2-1-3-7-15/h1-9,14H,10-13H2,(H,21,24)(H,22,25). The van der Waals surface area contributed by atoms with E-state index in [2.05, 4.69) is 10.6 Å². The maximum absolute atomic E-state index is 13.6. The van der Waals surface area contributed by atoms with Crippen LogP contribution < -0.4 is 10.6 Å². The molecule has 0 atom stereocenters. The topological polar surface area (TPSA) is 61.4 Å². The fraction of sp³-hybridized carbons (Fsp3) is 0.263. The Bertz CT molecular complexity index is 743. The lowest BCUT2D eigenvalue weighted by molar-refractivity contribution is -0.121. The second-order valence-electron chi connectivity index (χ2n) is 6.03. The molecule has 0 aromatic heterocycles. The Labute approximate surface area is 145 Å². The third kappa shape index (κ3) is 4.35. The van der Waals surface area contributed by atoms with Gasteiger partial charge in [0.25, 0.3) is 0 Å². The molecule has 6 heteroatoms. The third-order valence-electron chi connectivity index (χ3n) is 4.31. The van der Waals surface area contributed by atoms with Gasteiger partial charge in [-0.15, -0.1) is 0 Å². The zero-order valence-electron chi connectivity index (χ0n) is 13.7. The van der Waals surface area contributed by atoms with E-state index in [0.717, 1.165) is 5.69 Å². The molecule has 2 aromatic rings. The van der Waals surface area contributed by atoms with E-state index in [4.69, 9.17) is 0 Å². The molecule has 5 nitrogen and oxygen atoms in total. The molecular formula is C19H20FN3O2. The van der Waals surface area contributed by atoms with E-state index in [1.54, 1.807) is 17.0 Å². The average Bonchev–Trinajstić information content (AvgIpc) is 2.64. The number of para-hydroxylation sites is 2. The van der Waals surface area contributed by atoms with E-state index in [0.29, 0.717) is 25.9 Å². The molecule has 1 fully saturated rings. The molecule has 0 aliphatic carbocycles.